The number of halogens is 1. The van der Waals surface area contributed by atoms with Crippen LogP contribution in [0.2, 0.25) is 0 Å². The number of hydrogen-bond donors (Lipinski definition) is 2. The molecule has 0 aliphatic heterocycles. The van der Waals surface area contributed by atoms with Crippen molar-refractivity contribution in [1.29, 1.82) is 0 Å². The fourth-order valence-electron chi connectivity index (χ4n) is 2.10. The largest absolute Gasteiger partial charge is 0.357 e. The van der Waals surface area contributed by atoms with Crippen LogP contribution in [-0.4, -0.2) is 33.1 Å². The van der Waals surface area contributed by atoms with E-state index in [4.69, 9.17) is 0 Å². The second-order valence-corrected chi connectivity index (χ2v) is 5.52. The molecule has 2 N–H and O–H groups in total. The number of hydrogen-bond acceptors (Lipinski definition) is 3. The van der Waals surface area contributed by atoms with Gasteiger partial charge in [-0.2, -0.15) is 0 Å². The molecule has 2 aromatic heterocycles. The molecule has 0 bridgehead atoms. The van der Waals surface area contributed by atoms with Crippen LogP contribution in [-0.2, 0) is 6.54 Å². The molecule has 0 aliphatic rings. The lowest BCUT2D eigenvalue weighted by atomic mass is 10.2. The van der Waals surface area contributed by atoms with Gasteiger partial charge in [0.1, 0.15) is 11.6 Å². The molecule has 6 nitrogen and oxygen atoms in total. The van der Waals surface area contributed by atoms with Gasteiger partial charge in [0.15, 0.2) is 5.96 Å². The predicted molar refractivity (Wildman–Crippen MR) is 109 cm³/mol. The highest BCUT2D eigenvalue weighted by Crippen LogP contribution is 2.09. The fourth-order valence-corrected chi connectivity index (χ4v) is 2.10. The minimum atomic E-state index is 0. The third kappa shape index (κ3) is 5.77. The van der Waals surface area contributed by atoms with Gasteiger partial charge in [-0.1, -0.05) is 13.0 Å². The van der Waals surface area contributed by atoms with E-state index in [1.54, 1.807) is 6.20 Å². The van der Waals surface area contributed by atoms with Crippen LogP contribution in [0, 0.1) is 6.92 Å². The predicted octanol–water partition coefficient (Wildman–Crippen LogP) is 3.05. The number of aliphatic imine (C=N–C) groups is 1. The number of imidazole rings is 1. The first-order valence-corrected chi connectivity index (χ1v) is 8.14. The Balaban J connectivity index is 0.00000288. The number of aromatic nitrogens is 3. The number of nitrogens with zero attached hydrogens (tertiary/aromatic N) is 4. The number of guanidine groups is 1. The number of pyridine rings is 1. The van der Waals surface area contributed by atoms with Gasteiger partial charge in [0, 0.05) is 31.2 Å². The molecule has 0 radical (unpaired) electrons. The van der Waals surface area contributed by atoms with Crippen molar-refractivity contribution in [3.05, 3.63) is 42.1 Å². The number of rotatable bonds is 6. The summed E-state index contributed by atoms with van der Waals surface area (Å²) in [4.78, 5) is 13.3. The molecule has 0 fully saturated rings. The first kappa shape index (κ1) is 20.4. The van der Waals surface area contributed by atoms with Crippen LogP contribution in [0.1, 0.15) is 38.6 Å². The maximum atomic E-state index is 4.62. The topological polar surface area (TPSA) is 67.1 Å². The van der Waals surface area contributed by atoms with Crippen molar-refractivity contribution in [3.8, 4) is 5.82 Å². The van der Waals surface area contributed by atoms with Gasteiger partial charge in [0.2, 0.25) is 0 Å². The zero-order valence-electron chi connectivity index (χ0n) is 14.8. The third-order valence-electron chi connectivity index (χ3n) is 3.64. The number of aryl methyl sites for hydroxylation is 1. The second-order valence-electron chi connectivity index (χ2n) is 5.52. The van der Waals surface area contributed by atoms with Crippen molar-refractivity contribution in [3.63, 3.8) is 0 Å². The summed E-state index contributed by atoms with van der Waals surface area (Å²) in [5.41, 5.74) is 1.08. The van der Waals surface area contributed by atoms with Gasteiger partial charge in [0.05, 0.1) is 6.54 Å². The highest BCUT2D eigenvalue weighted by atomic mass is 127. The highest BCUT2D eigenvalue weighted by molar-refractivity contribution is 14.0. The summed E-state index contributed by atoms with van der Waals surface area (Å²) in [6.45, 7) is 9.78. The van der Waals surface area contributed by atoms with Gasteiger partial charge in [0.25, 0.3) is 0 Å². The summed E-state index contributed by atoms with van der Waals surface area (Å²) in [7, 11) is 0. The van der Waals surface area contributed by atoms with Gasteiger partial charge >= 0.3 is 0 Å². The van der Waals surface area contributed by atoms with E-state index in [1.807, 2.05) is 30.0 Å². The molecule has 2 heterocycles. The average Bonchev–Trinajstić information content (AvgIpc) is 2.99. The molecule has 1 unspecified atom stereocenters. The van der Waals surface area contributed by atoms with Crippen LogP contribution >= 0.6 is 24.0 Å². The Kier molecular flexibility index (Phi) is 8.73. The van der Waals surface area contributed by atoms with E-state index in [0.29, 0.717) is 12.6 Å². The fraction of sp³-hybridized carbons (Fsp3) is 0.471. The maximum Gasteiger partial charge on any atom is 0.191 e. The molecule has 2 rings (SSSR count). The molecular formula is C17H27IN6. The standard InChI is InChI=1S/C17H26N6.HI/c1-5-13(3)22-17(18-6-2)21-12-15-7-8-16(20-11-15)23-10-9-19-14(23)4;/h7-11,13H,5-6,12H2,1-4H3,(H2,18,21,22);1H. The Bertz CT molecular complexity index is 635. The first-order chi connectivity index (χ1) is 11.1. The van der Waals surface area contributed by atoms with Crippen LogP contribution in [0.25, 0.3) is 5.82 Å². The summed E-state index contributed by atoms with van der Waals surface area (Å²) in [5.74, 6) is 2.64. The maximum absolute atomic E-state index is 4.62. The van der Waals surface area contributed by atoms with Crippen LogP contribution in [0.5, 0.6) is 0 Å². The molecule has 2 aromatic rings. The zero-order chi connectivity index (χ0) is 16.7. The first-order valence-electron chi connectivity index (χ1n) is 8.14. The van der Waals surface area contributed by atoms with Crippen molar-refractivity contribution in [2.24, 2.45) is 4.99 Å². The van der Waals surface area contributed by atoms with Crippen LogP contribution in [0.15, 0.2) is 35.7 Å². The Morgan fingerprint density at radius 1 is 1.29 bits per heavy atom. The van der Waals surface area contributed by atoms with Gasteiger partial charge < -0.3 is 10.6 Å². The van der Waals surface area contributed by atoms with Crippen LogP contribution < -0.4 is 10.6 Å². The Morgan fingerprint density at radius 3 is 2.62 bits per heavy atom. The molecule has 7 heteroatoms. The molecule has 0 amide bonds. The van der Waals surface area contributed by atoms with E-state index in [1.165, 1.54) is 0 Å². The molecule has 1 atom stereocenters. The van der Waals surface area contributed by atoms with Crippen molar-refractivity contribution in [1.82, 2.24) is 25.2 Å². The van der Waals surface area contributed by atoms with Gasteiger partial charge in [-0.15, -0.1) is 24.0 Å². The lowest BCUT2D eigenvalue weighted by Gasteiger charge is -2.16. The summed E-state index contributed by atoms with van der Waals surface area (Å²) >= 11 is 0. The third-order valence-corrected chi connectivity index (χ3v) is 3.64. The lowest BCUT2D eigenvalue weighted by Crippen LogP contribution is -2.41. The molecule has 132 valence electrons. The molecule has 24 heavy (non-hydrogen) atoms. The van der Waals surface area contributed by atoms with E-state index in [0.717, 1.165) is 36.1 Å². The highest BCUT2D eigenvalue weighted by Gasteiger charge is 2.04. The summed E-state index contributed by atoms with van der Waals surface area (Å²) in [6, 6.07) is 4.45. The van der Waals surface area contributed by atoms with E-state index >= 15 is 0 Å². The molecular weight excluding hydrogens is 415 g/mol. The van der Waals surface area contributed by atoms with Crippen molar-refractivity contribution >= 4 is 29.9 Å². The summed E-state index contributed by atoms with van der Waals surface area (Å²) < 4.78 is 1.96. The normalized spacial score (nSPS) is 12.4. The van der Waals surface area contributed by atoms with Gasteiger partial charge in [-0.3, -0.25) is 4.57 Å². The van der Waals surface area contributed by atoms with Gasteiger partial charge in [-0.25, -0.2) is 15.0 Å². The van der Waals surface area contributed by atoms with Gasteiger partial charge in [-0.05, 0) is 38.8 Å². The van der Waals surface area contributed by atoms with Crippen molar-refractivity contribution in [2.75, 3.05) is 6.54 Å². The number of nitrogens with one attached hydrogen (secondary N) is 2. The van der Waals surface area contributed by atoms with E-state index in [-0.39, 0.29) is 24.0 Å². The molecule has 0 aromatic carbocycles. The summed E-state index contributed by atoms with van der Waals surface area (Å²) in [6.07, 6.45) is 6.61. The van der Waals surface area contributed by atoms with E-state index in [9.17, 15) is 0 Å². The molecule has 0 saturated carbocycles. The molecule has 0 aliphatic carbocycles. The smallest absolute Gasteiger partial charge is 0.191 e. The van der Waals surface area contributed by atoms with Crippen molar-refractivity contribution < 1.29 is 0 Å². The molecule has 0 spiro atoms. The monoisotopic (exact) mass is 442 g/mol. The van der Waals surface area contributed by atoms with E-state index < -0.39 is 0 Å². The van der Waals surface area contributed by atoms with Crippen LogP contribution in [0.3, 0.4) is 0 Å². The van der Waals surface area contributed by atoms with E-state index in [2.05, 4.69) is 52.4 Å². The minimum Gasteiger partial charge on any atom is -0.357 e. The Labute approximate surface area is 161 Å². The Morgan fingerprint density at radius 2 is 2.08 bits per heavy atom. The Hall–Kier alpha value is -1.64. The van der Waals surface area contributed by atoms with Crippen molar-refractivity contribution in [2.45, 2.75) is 46.7 Å². The zero-order valence-corrected chi connectivity index (χ0v) is 17.1. The SMILES string of the molecule is CCNC(=NCc1ccc(-n2ccnc2C)nc1)NC(C)CC.I. The molecule has 0 saturated heterocycles. The lowest BCUT2D eigenvalue weighted by molar-refractivity contribution is 0.624. The minimum absolute atomic E-state index is 0. The second kappa shape index (κ2) is 10.3. The summed E-state index contributed by atoms with van der Waals surface area (Å²) in [5, 5.41) is 6.65. The average molecular weight is 442 g/mol. The van der Waals surface area contributed by atoms with Crippen LogP contribution in [0.4, 0.5) is 0 Å². The quantitative estimate of drug-likeness (QED) is 0.410.